The Hall–Kier alpha value is -2.89. The molecule has 0 amide bonds. The number of methoxy groups -OCH3 is 1. The van der Waals surface area contributed by atoms with Crippen LogP contribution in [0.2, 0.25) is 10.0 Å². The minimum atomic E-state index is -0.961. The molecule has 0 aromatic heterocycles. The van der Waals surface area contributed by atoms with E-state index in [-0.39, 0.29) is 5.56 Å². The SMILES string of the molecule is COc1cc(CNc2cccc(C(=O)O)c2C)c(Cl)cc1OCc1cccc(Cl)c1. The quantitative estimate of drug-likeness (QED) is 0.431. The van der Waals surface area contributed by atoms with Gasteiger partial charge in [0, 0.05) is 28.3 Å². The molecule has 2 N–H and O–H groups in total. The molecule has 0 bridgehead atoms. The molecule has 0 spiro atoms. The molecule has 3 rings (SSSR count). The van der Waals surface area contributed by atoms with E-state index in [9.17, 15) is 9.90 Å². The van der Waals surface area contributed by atoms with Gasteiger partial charge in [-0.05, 0) is 53.9 Å². The highest BCUT2D eigenvalue weighted by molar-refractivity contribution is 6.31. The molecule has 0 saturated carbocycles. The summed E-state index contributed by atoms with van der Waals surface area (Å²) in [7, 11) is 1.56. The topological polar surface area (TPSA) is 67.8 Å². The van der Waals surface area contributed by atoms with E-state index >= 15 is 0 Å². The van der Waals surface area contributed by atoms with Gasteiger partial charge < -0.3 is 19.9 Å². The summed E-state index contributed by atoms with van der Waals surface area (Å²) in [4.78, 5) is 11.3. The molecule has 30 heavy (non-hydrogen) atoms. The number of anilines is 1. The van der Waals surface area contributed by atoms with Crippen LogP contribution in [0.15, 0.2) is 54.6 Å². The number of carboxylic acid groups (broad SMARTS) is 1. The van der Waals surface area contributed by atoms with Gasteiger partial charge in [0.25, 0.3) is 0 Å². The van der Waals surface area contributed by atoms with Crippen molar-refractivity contribution in [2.75, 3.05) is 12.4 Å². The van der Waals surface area contributed by atoms with E-state index in [1.165, 1.54) is 0 Å². The number of halogens is 2. The van der Waals surface area contributed by atoms with Crippen molar-refractivity contribution >= 4 is 34.9 Å². The normalized spacial score (nSPS) is 10.5. The maximum absolute atomic E-state index is 11.3. The van der Waals surface area contributed by atoms with Crippen LogP contribution >= 0.6 is 23.2 Å². The van der Waals surface area contributed by atoms with Gasteiger partial charge in [-0.2, -0.15) is 0 Å². The van der Waals surface area contributed by atoms with Gasteiger partial charge in [-0.15, -0.1) is 0 Å². The van der Waals surface area contributed by atoms with Crippen molar-refractivity contribution in [2.24, 2.45) is 0 Å². The number of hydrogen-bond acceptors (Lipinski definition) is 4. The Morgan fingerprint density at radius 3 is 2.53 bits per heavy atom. The van der Waals surface area contributed by atoms with Crippen molar-refractivity contribution in [3.05, 3.63) is 86.9 Å². The summed E-state index contributed by atoms with van der Waals surface area (Å²) in [5.74, 6) is 0.113. The van der Waals surface area contributed by atoms with Gasteiger partial charge in [0.2, 0.25) is 0 Å². The highest BCUT2D eigenvalue weighted by Crippen LogP contribution is 2.34. The highest BCUT2D eigenvalue weighted by Gasteiger charge is 2.13. The summed E-state index contributed by atoms with van der Waals surface area (Å²) in [5, 5.41) is 13.7. The summed E-state index contributed by atoms with van der Waals surface area (Å²) in [6.45, 7) is 2.49. The van der Waals surface area contributed by atoms with E-state index in [4.69, 9.17) is 32.7 Å². The van der Waals surface area contributed by atoms with E-state index in [0.29, 0.717) is 40.3 Å². The molecular weight excluding hydrogens is 425 g/mol. The van der Waals surface area contributed by atoms with Crippen molar-refractivity contribution in [1.82, 2.24) is 0 Å². The van der Waals surface area contributed by atoms with Crippen molar-refractivity contribution < 1.29 is 19.4 Å². The fourth-order valence-electron chi connectivity index (χ4n) is 3.02. The first-order valence-corrected chi connectivity index (χ1v) is 9.95. The maximum Gasteiger partial charge on any atom is 0.336 e. The van der Waals surface area contributed by atoms with Crippen LogP contribution in [-0.4, -0.2) is 18.2 Å². The minimum absolute atomic E-state index is 0.258. The predicted molar refractivity (Wildman–Crippen MR) is 119 cm³/mol. The molecule has 0 aliphatic carbocycles. The third-order valence-electron chi connectivity index (χ3n) is 4.65. The first kappa shape index (κ1) is 21.8. The number of carbonyl (C=O) groups is 1. The van der Waals surface area contributed by atoms with Crippen LogP contribution in [0.25, 0.3) is 0 Å². The molecule has 0 aliphatic heterocycles. The lowest BCUT2D eigenvalue weighted by Crippen LogP contribution is -2.06. The summed E-state index contributed by atoms with van der Waals surface area (Å²) in [6.07, 6.45) is 0. The van der Waals surface area contributed by atoms with Crippen molar-refractivity contribution in [3.8, 4) is 11.5 Å². The largest absolute Gasteiger partial charge is 0.493 e. The molecule has 0 aliphatic rings. The van der Waals surface area contributed by atoms with Crippen molar-refractivity contribution in [2.45, 2.75) is 20.1 Å². The van der Waals surface area contributed by atoms with Crippen LogP contribution in [0.5, 0.6) is 11.5 Å². The summed E-state index contributed by atoms with van der Waals surface area (Å²) in [6, 6.07) is 16.0. The Kier molecular flexibility index (Phi) is 7.08. The smallest absolute Gasteiger partial charge is 0.336 e. The zero-order chi connectivity index (χ0) is 21.7. The molecule has 156 valence electrons. The van der Waals surface area contributed by atoms with Gasteiger partial charge in [-0.1, -0.05) is 41.4 Å². The minimum Gasteiger partial charge on any atom is -0.493 e. The number of aromatic carboxylic acids is 1. The average molecular weight is 446 g/mol. The molecular formula is C23H21Cl2NO4. The zero-order valence-corrected chi connectivity index (χ0v) is 18.1. The Labute approximate surface area is 185 Å². The van der Waals surface area contributed by atoms with Gasteiger partial charge in [0.15, 0.2) is 11.5 Å². The van der Waals surface area contributed by atoms with Crippen LogP contribution in [0.4, 0.5) is 5.69 Å². The molecule has 0 atom stereocenters. The summed E-state index contributed by atoms with van der Waals surface area (Å²) >= 11 is 12.5. The third-order valence-corrected chi connectivity index (χ3v) is 5.24. The lowest BCUT2D eigenvalue weighted by molar-refractivity contribution is 0.0696. The van der Waals surface area contributed by atoms with E-state index in [1.54, 1.807) is 44.4 Å². The lowest BCUT2D eigenvalue weighted by atomic mass is 10.1. The Morgan fingerprint density at radius 1 is 1.07 bits per heavy atom. The molecule has 5 nitrogen and oxygen atoms in total. The Balaban J connectivity index is 1.75. The maximum atomic E-state index is 11.3. The fourth-order valence-corrected chi connectivity index (χ4v) is 3.46. The predicted octanol–water partition coefficient (Wildman–Crippen LogP) is 6.20. The van der Waals surface area contributed by atoms with E-state index < -0.39 is 5.97 Å². The molecule has 0 saturated heterocycles. The van der Waals surface area contributed by atoms with Crippen LogP contribution in [-0.2, 0) is 13.2 Å². The van der Waals surface area contributed by atoms with E-state index in [0.717, 1.165) is 16.8 Å². The third kappa shape index (κ3) is 5.17. The average Bonchev–Trinajstić information content (AvgIpc) is 2.72. The van der Waals surface area contributed by atoms with Crippen molar-refractivity contribution in [3.63, 3.8) is 0 Å². The van der Waals surface area contributed by atoms with Crippen LogP contribution in [0.1, 0.15) is 27.0 Å². The standard InChI is InChI=1S/C23H21Cl2NO4/c1-14-18(23(27)28)7-4-8-20(14)26-12-16-10-21(29-2)22(11-19(16)25)30-13-15-5-3-6-17(24)9-15/h3-11,26H,12-13H2,1-2H3,(H,27,28). The monoisotopic (exact) mass is 445 g/mol. The van der Waals surface area contributed by atoms with Gasteiger partial charge in [-0.25, -0.2) is 4.79 Å². The number of nitrogens with one attached hydrogen (secondary N) is 1. The van der Waals surface area contributed by atoms with Crippen LogP contribution in [0.3, 0.4) is 0 Å². The van der Waals surface area contributed by atoms with Crippen molar-refractivity contribution in [1.29, 1.82) is 0 Å². The highest BCUT2D eigenvalue weighted by atomic mass is 35.5. The number of benzene rings is 3. The van der Waals surface area contributed by atoms with Crippen LogP contribution < -0.4 is 14.8 Å². The second-order valence-corrected chi connectivity index (χ2v) is 7.49. The van der Waals surface area contributed by atoms with E-state index in [2.05, 4.69) is 5.32 Å². The second-order valence-electron chi connectivity index (χ2n) is 6.65. The Bertz CT molecular complexity index is 1070. The van der Waals surface area contributed by atoms with Gasteiger partial charge in [0.05, 0.1) is 12.7 Å². The first-order chi connectivity index (χ1) is 14.4. The summed E-state index contributed by atoms with van der Waals surface area (Å²) in [5.41, 5.74) is 3.37. The number of hydrogen-bond donors (Lipinski definition) is 2. The first-order valence-electron chi connectivity index (χ1n) is 9.19. The fraction of sp³-hybridized carbons (Fsp3) is 0.174. The molecule has 7 heteroatoms. The molecule has 0 unspecified atom stereocenters. The van der Waals surface area contributed by atoms with Crippen LogP contribution in [0, 0.1) is 6.92 Å². The van der Waals surface area contributed by atoms with Gasteiger partial charge in [0.1, 0.15) is 6.61 Å². The second kappa shape index (κ2) is 9.74. The molecule has 0 heterocycles. The van der Waals surface area contributed by atoms with Gasteiger partial charge >= 0.3 is 5.97 Å². The molecule has 3 aromatic carbocycles. The van der Waals surface area contributed by atoms with Gasteiger partial charge in [-0.3, -0.25) is 0 Å². The molecule has 0 fully saturated rings. The molecule has 0 radical (unpaired) electrons. The summed E-state index contributed by atoms with van der Waals surface area (Å²) < 4.78 is 11.3. The van der Waals surface area contributed by atoms with E-state index in [1.807, 2.05) is 24.3 Å². The Morgan fingerprint density at radius 2 is 1.83 bits per heavy atom. The number of ether oxygens (including phenoxy) is 2. The molecule has 3 aromatic rings. The number of carboxylic acids is 1. The lowest BCUT2D eigenvalue weighted by Gasteiger charge is -2.16. The number of rotatable bonds is 8. The zero-order valence-electron chi connectivity index (χ0n) is 16.5.